The van der Waals surface area contributed by atoms with Crippen LogP contribution in [-0.2, 0) is 52.6 Å². The summed E-state index contributed by atoms with van der Waals surface area (Å²) in [5, 5.41) is 3.12. The van der Waals surface area contributed by atoms with Crippen LogP contribution in [0.15, 0.2) is 133 Å². The molecule has 6 aromatic rings. The molecule has 0 spiro atoms. The highest BCUT2D eigenvalue weighted by Crippen LogP contribution is 2.47. The predicted molar refractivity (Wildman–Crippen MR) is 217 cm³/mol. The van der Waals surface area contributed by atoms with Crippen molar-refractivity contribution < 1.29 is 54.9 Å². The minimum Gasteiger partial charge on any atom is -0.457 e. The number of hydrogen-bond acceptors (Lipinski definition) is 6. The van der Waals surface area contributed by atoms with Crippen molar-refractivity contribution in [1.29, 1.82) is 0 Å². The van der Waals surface area contributed by atoms with Gasteiger partial charge >= 0.3 is 24.3 Å². The Hall–Kier alpha value is -5.72. The van der Waals surface area contributed by atoms with E-state index in [2.05, 4.69) is 0 Å². The Bertz CT molecular complexity index is 2320. The van der Waals surface area contributed by atoms with Crippen molar-refractivity contribution in [3.8, 4) is 11.1 Å². The molecule has 0 N–H and O–H groups in total. The van der Waals surface area contributed by atoms with Gasteiger partial charge in [-0.25, -0.2) is 9.59 Å². The van der Waals surface area contributed by atoms with Crippen LogP contribution in [0.25, 0.3) is 32.7 Å². The molecule has 0 radical (unpaired) electrons. The third kappa shape index (κ3) is 8.10. The lowest BCUT2D eigenvalue weighted by Crippen LogP contribution is -2.53. The van der Waals surface area contributed by atoms with Crippen LogP contribution in [0.4, 0.5) is 26.3 Å². The highest BCUT2D eigenvalue weighted by molar-refractivity contribution is 6.08. The van der Waals surface area contributed by atoms with Gasteiger partial charge in [-0.05, 0) is 71.5 Å². The molecular formula is C48H44F6O6. The van der Waals surface area contributed by atoms with E-state index in [1.807, 2.05) is 72.8 Å². The van der Waals surface area contributed by atoms with E-state index in [0.717, 1.165) is 60.0 Å². The fourth-order valence-electron chi connectivity index (χ4n) is 7.93. The Balaban J connectivity index is 1.47. The molecule has 0 saturated heterocycles. The van der Waals surface area contributed by atoms with E-state index in [9.17, 15) is 35.9 Å². The monoisotopic (exact) mass is 830 g/mol. The molecule has 0 aliphatic carbocycles. The largest absolute Gasteiger partial charge is 0.457 e. The van der Waals surface area contributed by atoms with E-state index in [4.69, 9.17) is 18.9 Å². The first-order valence-electron chi connectivity index (χ1n) is 19.0. The number of halogens is 6. The molecule has 12 heteroatoms. The van der Waals surface area contributed by atoms with E-state index < -0.39 is 57.8 Å². The number of esters is 2. The molecule has 314 valence electrons. The lowest BCUT2D eigenvalue weighted by Gasteiger charge is -2.36. The number of alkyl halides is 6. The maximum atomic E-state index is 14.9. The minimum atomic E-state index is -5.19. The zero-order valence-electron chi connectivity index (χ0n) is 33.8. The predicted octanol–water partition coefficient (Wildman–Crippen LogP) is 11.6. The maximum absolute atomic E-state index is 14.9. The highest BCUT2D eigenvalue weighted by atomic mass is 19.4. The van der Waals surface area contributed by atoms with Crippen LogP contribution in [0, 0.1) is 0 Å². The van der Waals surface area contributed by atoms with Gasteiger partial charge in [0.05, 0.1) is 0 Å². The van der Waals surface area contributed by atoms with E-state index in [1.54, 1.807) is 0 Å². The quantitative estimate of drug-likeness (QED) is 0.0853. The van der Waals surface area contributed by atoms with Gasteiger partial charge in [0.25, 0.3) is 11.2 Å². The molecule has 6 rings (SSSR count). The number of rotatable bonds is 13. The van der Waals surface area contributed by atoms with Crippen LogP contribution >= 0.6 is 0 Å². The molecule has 60 heavy (non-hydrogen) atoms. The molecule has 6 nitrogen and oxygen atoms in total. The maximum Gasteiger partial charge on any atom is 0.432 e. The van der Waals surface area contributed by atoms with Crippen molar-refractivity contribution in [2.45, 2.75) is 75.3 Å². The molecule has 0 amide bonds. The second-order valence-corrected chi connectivity index (χ2v) is 15.8. The summed E-state index contributed by atoms with van der Waals surface area (Å²) in [6, 6.07) is 35.3. The van der Waals surface area contributed by atoms with Gasteiger partial charge in [-0.15, -0.1) is 0 Å². The van der Waals surface area contributed by atoms with E-state index in [1.165, 1.54) is 64.1 Å². The normalized spacial score (nSPS) is 14.7. The summed E-state index contributed by atoms with van der Waals surface area (Å²) in [7, 11) is 1.61. The smallest absolute Gasteiger partial charge is 0.432 e. The molecule has 6 aromatic carbocycles. The SMILES string of the molecule is CO[C@@](C(=O)OC(C)(C)Cc1ccc2ccccc2c1-c1c(CC(C)(C)OC(=O)[C@](OC)(c2ccccc2)C(F)(F)F)ccc2ccccc12)(c1ccccc1)C(F)(F)F. The van der Waals surface area contributed by atoms with Crippen LogP contribution in [0.2, 0.25) is 0 Å². The number of benzene rings is 6. The van der Waals surface area contributed by atoms with Gasteiger partial charge in [0.2, 0.25) is 0 Å². The molecular weight excluding hydrogens is 787 g/mol. The van der Waals surface area contributed by atoms with E-state index in [-0.39, 0.29) is 12.8 Å². The van der Waals surface area contributed by atoms with Crippen molar-refractivity contribution >= 4 is 33.5 Å². The molecule has 2 atom stereocenters. The van der Waals surface area contributed by atoms with Gasteiger partial charge in [0.15, 0.2) is 0 Å². The summed E-state index contributed by atoms with van der Waals surface area (Å²) in [4.78, 5) is 27.7. The van der Waals surface area contributed by atoms with Crippen LogP contribution < -0.4 is 0 Å². The van der Waals surface area contributed by atoms with Gasteiger partial charge in [0.1, 0.15) is 11.2 Å². The van der Waals surface area contributed by atoms with Crippen molar-refractivity contribution in [1.82, 2.24) is 0 Å². The number of carbonyl (C=O) groups is 2. The molecule has 0 aromatic heterocycles. The lowest BCUT2D eigenvalue weighted by atomic mass is 9.81. The number of fused-ring (bicyclic) bond motifs is 2. The topological polar surface area (TPSA) is 71.1 Å². The summed E-state index contributed by atoms with van der Waals surface area (Å²) < 4.78 is 111. The summed E-state index contributed by atoms with van der Waals surface area (Å²) in [6.45, 7) is 6.03. The summed E-state index contributed by atoms with van der Waals surface area (Å²) >= 11 is 0. The van der Waals surface area contributed by atoms with Crippen LogP contribution in [-0.4, -0.2) is 49.7 Å². The Morgan fingerprint density at radius 2 is 0.767 bits per heavy atom. The number of hydrogen-bond donors (Lipinski definition) is 0. The number of ether oxygens (including phenoxy) is 4. The standard InChI is InChI=1S/C48H44F6O6/c1-43(2,59-41(55)45(57-5,47(49,50)51)35-19-9-7-10-20-35)29-33-27-25-31-17-13-15-23-37(31)39(33)40-34(28-26-32-18-14-16-24-38(32)40)30-44(3,4)60-42(56)46(58-6,48(52,53)54)36-21-11-8-12-22-36/h7-28H,29-30H2,1-6H3/t45-,46-/m1/s1. The number of methoxy groups -OCH3 is 2. The van der Waals surface area contributed by atoms with E-state index >= 15 is 0 Å². The molecule has 0 bridgehead atoms. The Labute approximate surface area is 344 Å². The Morgan fingerprint density at radius 3 is 1.08 bits per heavy atom. The summed E-state index contributed by atoms with van der Waals surface area (Å²) in [6.07, 6.45) is -10.5. The fourth-order valence-corrected chi connectivity index (χ4v) is 7.93. The minimum absolute atomic E-state index is 0.0780. The third-order valence-electron chi connectivity index (χ3n) is 10.6. The van der Waals surface area contributed by atoms with Gasteiger partial charge in [-0.2, -0.15) is 26.3 Å². The van der Waals surface area contributed by atoms with Crippen molar-refractivity contribution in [3.63, 3.8) is 0 Å². The average molecular weight is 831 g/mol. The van der Waals surface area contributed by atoms with E-state index in [0.29, 0.717) is 22.3 Å². The highest BCUT2D eigenvalue weighted by Gasteiger charge is 2.65. The zero-order valence-corrected chi connectivity index (χ0v) is 33.8. The van der Waals surface area contributed by atoms with Crippen molar-refractivity contribution in [2.24, 2.45) is 0 Å². The Kier molecular flexibility index (Phi) is 12.0. The lowest BCUT2D eigenvalue weighted by molar-refractivity contribution is -0.281. The molecule has 0 fully saturated rings. The van der Waals surface area contributed by atoms with Crippen LogP contribution in [0.3, 0.4) is 0 Å². The molecule has 0 aliphatic heterocycles. The third-order valence-corrected chi connectivity index (χ3v) is 10.6. The van der Waals surface area contributed by atoms with Gasteiger partial charge in [-0.1, -0.05) is 133 Å². The second-order valence-electron chi connectivity index (χ2n) is 15.8. The number of carbonyl (C=O) groups excluding carboxylic acids is 2. The van der Waals surface area contributed by atoms with Gasteiger partial charge in [0, 0.05) is 38.2 Å². The summed E-state index contributed by atoms with van der Waals surface area (Å²) in [5.74, 6) is -3.29. The zero-order chi connectivity index (χ0) is 43.7. The molecule has 0 heterocycles. The molecule has 0 aliphatic rings. The van der Waals surface area contributed by atoms with Crippen molar-refractivity contribution in [3.05, 3.63) is 156 Å². The first-order chi connectivity index (χ1) is 28.2. The van der Waals surface area contributed by atoms with Gasteiger partial charge in [-0.3, -0.25) is 0 Å². The first-order valence-corrected chi connectivity index (χ1v) is 19.0. The second kappa shape index (κ2) is 16.4. The summed E-state index contributed by atoms with van der Waals surface area (Å²) in [5.41, 5.74) is -8.38. The van der Waals surface area contributed by atoms with Crippen molar-refractivity contribution in [2.75, 3.05) is 14.2 Å². The average Bonchev–Trinajstić information content (AvgIpc) is 3.18. The van der Waals surface area contributed by atoms with Crippen LogP contribution in [0.5, 0.6) is 0 Å². The fraction of sp³-hybridized carbons (Fsp3) is 0.292. The van der Waals surface area contributed by atoms with Gasteiger partial charge < -0.3 is 18.9 Å². The Morgan fingerprint density at radius 1 is 0.450 bits per heavy atom. The van der Waals surface area contributed by atoms with Crippen LogP contribution in [0.1, 0.15) is 49.9 Å². The first kappa shape index (κ1) is 43.8. The molecule has 0 saturated carbocycles. The molecule has 0 unspecified atom stereocenters.